The summed E-state index contributed by atoms with van der Waals surface area (Å²) >= 11 is 0. The third-order valence-electron chi connectivity index (χ3n) is 8.41. The normalized spacial score (nSPS) is 13.5. The fraction of sp³-hybridized carbons (Fsp3) is 0.897. The van der Waals surface area contributed by atoms with Crippen molar-refractivity contribution in [3.63, 3.8) is 0 Å². The summed E-state index contributed by atoms with van der Waals surface area (Å²) in [7, 11) is 2.01. The van der Waals surface area contributed by atoms with E-state index in [1.807, 2.05) is 7.05 Å². The van der Waals surface area contributed by atoms with Gasteiger partial charge >= 0.3 is 0 Å². The fourth-order valence-electron chi connectivity index (χ4n) is 5.51. The van der Waals surface area contributed by atoms with E-state index in [4.69, 9.17) is 9.47 Å². The van der Waals surface area contributed by atoms with Crippen LogP contribution < -0.4 is 5.32 Å². The van der Waals surface area contributed by atoms with Crippen molar-refractivity contribution in [2.45, 2.75) is 187 Å². The van der Waals surface area contributed by atoms with Gasteiger partial charge in [-0.15, -0.1) is 0 Å². The molecule has 2 unspecified atom stereocenters. The number of ether oxygens (including phenoxy) is 2. The molecule has 0 saturated carbocycles. The predicted octanol–water partition coefficient (Wildman–Crippen LogP) is 12.1. The summed E-state index contributed by atoms with van der Waals surface area (Å²) in [6.07, 6.45) is 43.1. The van der Waals surface area contributed by atoms with Crippen molar-refractivity contribution in [1.29, 1.82) is 0 Å². The van der Waals surface area contributed by atoms with Gasteiger partial charge in [0.25, 0.3) is 0 Å². The van der Waals surface area contributed by atoms with E-state index in [9.17, 15) is 0 Å². The van der Waals surface area contributed by atoms with Crippen LogP contribution in [0.3, 0.4) is 0 Å². The first-order chi connectivity index (χ1) is 20.7. The Balaban J connectivity index is 3.48. The van der Waals surface area contributed by atoms with Crippen molar-refractivity contribution < 1.29 is 9.47 Å². The Kier molecular flexibility index (Phi) is 36.0. The van der Waals surface area contributed by atoms with Crippen LogP contribution in [0.1, 0.15) is 181 Å². The molecule has 0 bridgehead atoms. The molecule has 0 aromatic heterocycles. The molecule has 0 heterocycles. The molecule has 0 aliphatic heterocycles. The molecule has 0 radical (unpaired) electrons. The van der Waals surface area contributed by atoms with Crippen molar-refractivity contribution >= 4 is 0 Å². The number of rotatable bonds is 35. The maximum Gasteiger partial charge on any atom is 0.0932 e. The van der Waals surface area contributed by atoms with E-state index in [0.717, 1.165) is 32.3 Å². The van der Waals surface area contributed by atoms with Crippen LogP contribution in [0.5, 0.6) is 0 Å². The standard InChI is InChI=1S/C39H77NO2/c1-5-7-9-11-13-14-15-16-17-18-19-20-22-27-31-35-42-39(36-40-4)37-41-34-30-26-23-21-25-29-33-38(3)32-28-24-12-10-8-6-2/h13-14,24,28,38-40H,5-12,15-23,25-27,29-37H2,1-4H3/b14-13-,28-24-. The van der Waals surface area contributed by atoms with E-state index in [1.54, 1.807) is 0 Å². The molecule has 0 spiro atoms. The van der Waals surface area contributed by atoms with Gasteiger partial charge < -0.3 is 14.8 Å². The zero-order valence-electron chi connectivity index (χ0n) is 29.3. The highest BCUT2D eigenvalue weighted by Crippen LogP contribution is 2.16. The molecule has 0 aromatic rings. The summed E-state index contributed by atoms with van der Waals surface area (Å²) < 4.78 is 12.1. The number of unbranched alkanes of at least 4 members (excludes halogenated alkanes) is 19. The summed E-state index contributed by atoms with van der Waals surface area (Å²) in [5.74, 6) is 0.839. The van der Waals surface area contributed by atoms with Crippen molar-refractivity contribution in [2.75, 3.05) is 33.4 Å². The van der Waals surface area contributed by atoms with Crippen LogP contribution in [0.15, 0.2) is 24.3 Å². The molecule has 0 rings (SSSR count). The zero-order valence-corrected chi connectivity index (χ0v) is 29.3. The van der Waals surface area contributed by atoms with Crippen LogP contribution >= 0.6 is 0 Å². The van der Waals surface area contributed by atoms with E-state index in [1.165, 1.54) is 161 Å². The lowest BCUT2D eigenvalue weighted by molar-refractivity contribution is -0.0167. The Bertz CT molecular complexity index is 547. The minimum absolute atomic E-state index is 0.184. The van der Waals surface area contributed by atoms with Gasteiger partial charge in [-0.05, 0) is 70.8 Å². The molecule has 0 aliphatic rings. The average molecular weight is 592 g/mol. The van der Waals surface area contributed by atoms with Gasteiger partial charge in [0.15, 0.2) is 0 Å². The summed E-state index contributed by atoms with van der Waals surface area (Å²) in [5, 5.41) is 3.27. The van der Waals surface area contributed by atoms with Crippen LogP contribution in [-0.4, -0.2) is 39.5 Å². The van der Waals surface area contributed by atoms with Crippen molar-refractivity contribution in [1.82, 2.24) is 5.32 Å². The summed E-state index contributed by atoms with van der Waals surface area (Å²) in [6.45, 7) is 10.3. The van der Waals surface area contributed by atoms with Gasteiger partial charge in [0, 0.05) is 19.8 Å². The van der Waals surface area contributed by atoms with Gasteiger partial charge in [-0.2, -0.15) is 0 Å². The smallest absolute Gasteiger partial charge is 0.0932 e. The van der Waals surface area contributed by atoms with Gasteiger partial charge in [-0.25, -0.2) is 0 Å². The molecule has 42 heavy (non-hydrogen) atoms. The molecule has 0 aromatic carbocycles. The lowest BCUT2D eigenvalue weighted by Crippen LogP contribution is -2.31. The lowest BCUT2D eigenvalue weighted by Gasteiger charge is -2.18. The molecule has 250 valence electrons. The maximum absolute atomic E-state index is 6.14. The van der Waals surface area contributed by atoms with Crippen LogP contribution in [-0.2, 0) is 9.47 Å². The molecule has 0 fully saturated rings. The Morgan fingerprint density at radius 3 is 1.60 bits per heavy atom. The highest BCUT2D eigenvalue weighted by Gasteiger charge is 2.08. The topological polar surface area (TPSA) is 30.5 Å². The highest BCUT2D eigenvalue weighted by atomic mass is 16.5. The Morgan fingerprint density at radius 2 is 1.02 bits per heavy atom. The summed E-state index contributed by atoms with van der Waals surface area (Å²) in [4.78, 5) is 0. The highest BCUT2D eigenvalue weighted by molar-refractivity contribution is 4.83. The Hall–Kier alpha value is -0.640. The number of nitrogens with one attached hydrogen (secondary N) is 1. The van der Waals surface area contributed by atoms with Crippen molar-refractivity contribution in [3.05, 3.63) is 24.3 Å². The predicted molar refractivity (Wildman–Crippen MR) is 189 cm³/mol. The van der Waals surface area contributed by atoms with E-state index < -0.39 is 0 Å². The molecule has 1 N–H and O–H groups in total. The molecule has 0 amide bonds. The number of allylic oxidation sites excluding steroid dienone is 4. The summed E-state index contributed by atoms with van der Waals surface area (Å²) in [6, 6.07) is 0. The Labute approximate surface area is 265 Å². The second kappa shape index (κ2) is 36.6. The average Bonchev–Trinajstić information content (AvgIpc) is 2.99. The minimum atomic E-state index is 0.184. The van der Waals surface area contributed by atoms with Gasteiger partial charge in [0.2, 0.25) is 0 Å². The van der Waals surface area contributed by atoms with Crippen LogP contribution in [0.25, 0.3) is 0 Å². The molecule has 3 nitrogen and oxygen atoms in total. The maximum atomic E-state index is 6.14. The van der Waals surface area contributed by atoms with Gasteiger partial charge in [-0.1, -0.05) is 148 Å². The van der Waals surface area contributed by atoms with E-state index in [2.05, 4.69) is 50.4 Å². The van der Waals surface area contributed by atoms with Gasteiger partial charge in [-0.3, -0.25) is 0 Å². The first-order valence-electron chi connectivity index (χ1n) is 18.9. The van der Waals surface area contributed by atoms with Crippen molar-refractivity contribution in [2.24, 2.45) is 5.92 Å². The molecular formula is C39H77NO2. The quantitative estimate of drug-likeness (QED) is 0.0587. The molecule has 0 aliphatic carbocycles. The molecule has 2 atom stereocenters. The first kappa shape index (κ1) is 41.4. The molecule has 0 saturated heterocycles. The second-order valence-electron chi connectivity index (χ2n) is 12.9. The first-order valence-corrected chi connectivity index (χ1v) is 18.9. The van der Waals surface area contributed by atoms with Crippen LogP contribution in [0.4, 0.5) is 0 Å². The van der Waals surface area contributed by atoms with E-state index in [0.29, 0.717) is 0 Å². The van der Waals surface area contributed by atoms with Crippen LogP contribution in [0.2, 0.25) is 0 Å². The SMILES string of the molecule is CCCCC/C=C\CCCCCCCCCCOC(CNC)COCCCCCCCCC(C)C/C=C\CCCCC. The molecular weight excluding hydrogens is 514 g/mol. The fourth-order valence-corrected chi connectivity index (χ4v) is 5.51. The number of hydrogen-bond donors (Lipinski definition) is 1. The number of likely N-dealkylation sites (N-methyl/N-ethyl adjacent to an activating group) is 1. The largest absolute Gasteiger partial charge is 0.379 e. The second-order valence-corrected chi connectivity index (χ2v) is 12.9. The Morgan fingerprint density at radius 1 is 0.548 bits per heavy atom. The number of hydrogen-bond acceptors (Lipinski definition) is 3. The van der Waals surface area contributed by atoms with E-state index >= 15 is 0 Å². The third-order valence-corrected chi connectivity index (χ3v) is 8.41. The van der Waals surface area contributed by atoms with Crippen LogP contribution in [0, 0.1) is 5.92 Å². The molecule has 3 heteroatoms. The minimum Gasteiger partial charge on any atom is -0.379 e. The van der Waals surface area contributed by atoms with Gasteiger partial charge in [0.05, 0.1) is 12.7 Å². The van der Waals surface area contributed by atoms with Crippen molar-refractivity contribution in [3.8, 4) is 0 Å². The summed E-state index contributed by atoms with van der Waals surface area (Å²) in [5.41, 5.74) is 0. The lowest BCUT2D eigenvalue weighted by atomic mass is 9.98. The van der Waals surface area contributed by atoms with E-state index in [-0.39, 0.29) is 6.10 Å². The monoisotopic (exact) mass is 592 g/mol. The third kappa shape index (κ3) is 33.9. The zero-order chi connectivity index (χ0) is 30.6. The van der Waals surface area contributed by atoms with Gasteiger partial charge in [0.1, 0.15) is 0 Å².